The van der Waals surface area contributed by atoms with E-state index in [0.717, 1.165) is 59.2 Å². The molecule has 0 spiro atoms. The number of amides is 1. The summed E-state index contributed by atoms with van der Waals surface area (Å²) in [6.07, 6.45) is 0. The SMILES string of the molecule is COc1cccc(-c2csc([As]c3cc(NC(=O)c4ccc(CN5CCN(C)CC5)cc4)ccc3C)n2)c1. The fourth-order valence-corrected chi connectivity index (χ4v) is 7.87. The summed E-state index contributed by atoms with van der Waals surface area (Å²) in [6, 6.07) is 22.1. The fraction of sp³-hybridized carbons (Fsp3) is 0.267. The van der Waals surface area contributed by atoms with Gasteiger partial charge in [-0.1, -0.05) is 0 Å². The Hall–Kier alpha value is -2.96. The van der Waals surface area contributed by atoms with Crippen LogP contribution >= 0.6 is 11.3 Å². The molecule has 1 radical (unpaired) electrons. The molecule has 0 aliphatic carbocycles. The average Bonchev–Trinajstić information content (AvgIpc) is 3.41. The van der Waals surface area contributed by atoms with E-state index >= 15 is 0 Å². The maximum absolute atomic E-state index is 13.0. The predicted molar refractivity (Wildman–Crippen MR) is 157 cm³/mol. The number of piperazine rings is 1. The molecule has 1 amide bonds. The molecule has 8 heteroatoms. The first kappa shape index (κ1) is 26.6. The molecule has 2 heterocycles. The molecule has 0 unspecified atom stereocenters. The Labute approximate surface area is 235 Å². The first-order chi connectivity index (χ1) is 18.5. The topological polar surface area (TPSA) is 57.7 Å². The number of aryl methyl sites for hydroxylation is 1. The summed E-state index contributed by atoms with van der Waals surface area (Å²) < 4.78 is 7.72. The molecule has 1 saturated heterocycles. The van der Waals surface area contributed by atoms with Gasteiger partial charge in [0.05, 0.1) is 0 Å². The van der Waals surface area contributed by atoms with Gasteiger partial charge in [-0.25, -0.2) is 0 Å². The van der Waals surface area contributed by atoms with E-state index in [4.69, 9.17) is 9.72 Å². The van der Waals surface area contributed by atoms with Gasteiger partial charge in [0.25, 0.3) is 0 Å². The number of hydrogen-bond donors (Lipinski definition) is 1. The van der Waals surface area contributed by atoms with Crippen molar-refractivity contribution in [2.75, 3.05) is 45.7 Å². The van der Waals surface area contributed by atoms with Crippen LogP contribution in [0.2, 0.25) is 0 Å². The number of likely N-dealkylation sites (N-methyl/N-ethyl adjacent to an activating group) is 1. The van der Waals surface area contributed by atoms with E-state index in [2.05, 4.69) is 64.8 Å². The predicted octanol–water partition coefficient (Wildman–Crippen LogP) is 3.78. The van der Waals surface area contributed by atoms with Crippen LogP contribution in [-0.4, -0.2) is 76.8 Å². The molecule has 5 rings (SSSR count). The summed E-state index contributed by atoms with van der Waals surface area (Å²) in [5.74, 6) is 0.742. The van der Waals surface area contributed by atoms with Crippen molar-refractivity contribution in [3.8, 4) is 17.0 Å². The molecular formula is C30H32AsN4O2S. The second-order valence-electron chi connectivity index (χ2n) is 9.59. The zero-order chi connectivity index (χ0) is 26.5. The van der Waals surface area contributed by atoms with Crippen molar-refractivity contribution in [3.63, 3.8) is 0 Å². The fourth-order valence-electron chi connectivity index (χ4n) is 4.37. The Morgan fingerprint density at radius 2 is 1.84 bits per heavy atom. The number of ether oxygens (including phenoxy) is 1. The van der Waals surface area contributed by atoms with Crippen LogP contribution in [0.5, 0.6) is 5.75 Å². The number of aromatic nitrogens is 1. The van der Waals surface area contributed by atoms with E-state index < -0.39 is 0 Å². The van der Waals surface area contributed by atoms with Crippen molar-refractivity contribution >= 4 is 46.8 Å². The van der Waals surface area contributed by atoms with Crippen molar-refractivity contribution in [3.05, 3.63) is 88.8 Å². The Kier molecular flexibility index (Phi) is 8.60. The minimum absolute atomic E-state index is 0.0863. The third kappa shape index (κ3) is 6.72. The molecule has 1 aromatic heterocycles. The van der Waals surface area contributed by atoms with Crippen LogP contribution in [0.3, 0.4) is 0 Å². The molecule has 1 aliphatic heterocycles. The summed E-state index contributed by atoms with van der Waals surface area (Å²) in [6.45, 7) is 7.42. The second-order valence-corrected chi connectivity index (χ2v) is 13.5. The first-order valence-electron chi connectivity index (χ1n) is 12.7. The van der Waals surface area contributed by atoms with Crippen molar-refractivity contribution in [1.29, 1.82) is 0 Å². The monoisotopic (exact) mass is 587 g/mol. The molecule has 1 N–H and O–H groups in total. The van der Waals surface area contributed by atoms with Gasteiger partial charge in [0.15, 0.2) is 0 Å². The number of nitrogens with one attached hydrogen (secondary N) is 1. The van der Waals surface area contributed by atoms with Gasteiger partial charge in [-0.2, -0.15) is 0 Å². The standard InChI is InChI=1S/C30H32AsN4O2S/c1-21-7-12-25(18-27(21)31-30-33-28(20-38-30)24-5-4-6-26(17-24)37-3)32-29(36)23-10-8-22(9-11-23)19-35-15-13-34(2)14-16-35/h4-12,17-18,20H,13-16,19H2,1-3H3,(H,32,36). The number of rotatable bonds is 8. The van der Waals surface area contributed by atoms with Crippen molar-refractivity contribution in [1.82, 2.24) is 14.8 Å². The van der Waals surface area contributed by atoms with Gasteiger partial charge in [-0.3, -0.25) is 0 Å². The number of nitrogens with zero attached hydrogens (tertiary/aromatic N) is 3. The minimum atomic E-state index is -0.298. The third-order valence-corrected chi connectivity index (χ3v) is 10.7. The van der Waals surface area contributed by atoms with Crippen LogP contribution in [0.4, 0.5) is 5.69 Å². The zero-order valence-electron chi connectivity index (χ0n) is 22.0. The van der Waals surface area contributed by atoms with E-state index in [1.807, 2.05) is 36.4 Å². The molecule has 0 bridgehead atoms. The second kappa shape index (κ2) is 12.3. The summed E-state index contributed by atoms with van der Waals surface area (Å²) in [5.41, 5.74) is 5.97. The van der Waals surface area contributed by atoms with Crippen LogP contribution in [0.1, 0.15) is 21.5 Å². The van der Waals surface area contributed by atoms with Crippen molar-refractivity contribution in [2.45, 2.75) is 13.5 Å². The number of carbonyl (C=O) groups excluding carboxylic acids is 1. The number of anilines is 1. The van der Waals surface area contributed by atoms with Gasteiger partial charge in [-0.05, 0) is 7.05 Å². The summed E-state index contributed by atoms with van der Waals surface area (Å²) in [7, 11) is 3.84. The molecule has 1 aliphatic rings. The van der Waals surface area contributed by atoms with E-state index in [9.17, 15) is 4.79 Å². The number of hydrogen-bond acceptors (Lipinski definition) is 6. The van der Waals surface area contributed by atoms with Gasteiger partial charge in [-0.15, -0.1) is 0 Å². The molecule has 0 atom stereocenters. The Morgan fingerprint density at radius 3 is 2.61 bits per heavy atom. The first-order valence-corrected chi connectivity index (χ1v) is 15.5. The van der Waals surface area contributed by atoms with Crippen LogP contribution in [-0.2, 0) is 6.54 Å². The van der Waals surface area contributed by atoms with Gasteiger partial charge < -0.3 is 4.90 Å². The maximum atomic E-state index is 13.0. The number of methoxy groups -OCH3 is 1. The summed E-state index contributed by atoms with van der Waals surface area (Å²) in [4.78, 5) is 22.7. The Bertz CT molecular complexity index is 1400. The zero-order valence-corrected chi connectivity index (χ0v) is 24.7. The van der Waals surface area contributed by atoms with Crippen LogP contribution in [0.15, 0.2) is 72.1 Å². The van der Waals surface area contributed by atoms with E-state index in [1.54, 1.807) is 18.4 Å². The van der Waals surface area contributed by atoms with E-state index in [1.165, 1.54) is 15.5 Å². The third-order valence-electron chi connectivity index (χ3n) is 6.76. The average molecular weight is 588 g/mol. The quantitative estimate of drug-likeness (QED) is 0.318. The van der Waals surface area contributed by atoms with Gasteiger partial charge in [0.1, 0.15) is 0 Å². The summed E-state index contributed by atoms with van der Waals surface area (Å²) >= 11 is 1.39. The Morgan fingerprint density at radius 1 is 1.05 bits per heavy atom. The van der Waals surface area contributed by atoms with E-state index in [-0.39, 0.29) is 21.7 Å². The van der Waals surface area contributed by atoms with Gasteiger partial charge >= 0.3 is 211 Å². The number of benzene rings is 3. The van der Waals surface area contributed by atoms with Crippen molar-refractivity contribution in [2.24, 2.45) is 0 Å². The summed E-state index contributed by atoms with van der Waals surface area (Å²) in [5, 5.41) is 5.20. The molecule has 4 aromatic rings. The van der Waals surface area contributed by atoms with E-state index in [0.29, 0.717) is 5.56 Å². The van der Waals surface area contributed by atoms with Gasteiger partial charge in [0, 0.05) is 13.1 Å². The van der Waals surface area contributed by atoms with Gasteiger partial charge in [0.2, 0.25) is 0 Å². The number of carbonyl (C=O) groups is 1. The normalized spacial score (nSPS) is 14.7. The molecular weight excluding hydrogens is 555 g/mol. The number of thiazole rings is 1. The molecule has 38 heavy (non-hydrogen) atoms. The Balaban J connectivity index is 1.22. The van der Waals surface area contributed by atoms with Crippen molar-refractivity contribution < 1.29 is 9.53 Å². The van der Waals surface area contributed by atoms with Crippen LogP contribution in [0.25, 0.3) is 11.3 Å². The van der Waals surface area contributed by atoms with Crippen LogP contribution in [0, 0.1) is 6.92 Å². The molecule has 1 fully saturated rings. The molecule has 6 nitrogen and oxygen atoms in total. The molecule has 0 saturated carbocycles. The molecule has 3 aromatic carbocycles. The van der Waals surface area contributed by atoms with Crippen LogP contribution < -0.4 is 18.2 Å². The molecule has 195 valence electrons.